The van der Waals surface area contributed by atoms with Gasteiger partial charge in [-0.25, -0.2) is 0 Å². The second-order valence-electron chi connectivity index (χ2n) is 3.14. The first-order valence-electron chi connectivity index (χ1n) is 3.90. The second-order valence-corrected chi connectivity index (χ2v) is 3.14. The quantitative estimate of drug-likeness (QED) is 0.517. The molecule has 0 saturated carbocycles. The Morgan fingerprint density at radius 3 is 2.58 bits per heavy atom. The van der Waals surface area contributed by atoms with Gasteiger partial charge in [-0.1, -0.05) is 6.92 Å². The van der Waals surface area contributed by atoms with Gasteiger partial charge >= 0.3 is 5.97 Å². The van der Waals surface area contributed by atoms with E-state index in [2.05, 4.69) is 4.74 Å². The van der Waals surface area contributed by atoms with E-state index in [9.17, 15) is 9.59 Å². The van der Waals surface area contributed by atoms with Crippen molar-refractivity contribution >= 4 is 11.9 Å². The van der Waals surface area contributed by atoms with Crippen molar-refractivity contribution in [1.29, 1.82) is 0 Å². The molecule has 0 aromatic heterocycles. The van der Waals surface area contributed by atoms with Crippen LogP contribution in [0.5, 0.6) is 0 Å². The largest absolute Gasteiger partial charge is 0.469 e. The van der Waals surface area contributed by atoms with Crippen molar-refractivity contribution in [2.45, 2.75) is 6.92 Å². The number of hydrogen-bond acceptors (Lipinski definition) is 3. The van der Waals surface area contributed by atoms with Gasteiger partial charge in [0.05, 0.1) is 18.9 Å². The molecule has 0 aromatic carbocycles. The van der Waals surface area contributed by atoms with Crippen LogP contribution in [0.25, 0.3) is 0 Å². The molecule has 1 saturated heterocycles. The van der Waals surface area contributed by atoms with Crippen LogP contribution >= 0.6 is 0 Å². The molecule has 0 N–H and O–H groups in total. The van der Waals surface area contributed by atoms with E-state index in [-0.39, 0.29) is 23.7 Å². The Bertz CT molecular complexity index is 214. The molecule has 0 radical (unpaired) electrons. The average Bonchev–Trinajstić information content (AvgIpc) is 2.32. The van der Waals surface area contributed by atoms with Crippen LogP contribution in [0.15, 0.2) is 0 Å². The summed E-state index contributed by atoms with van der Waals surface area (Å²) >= 11 is 0. The Morgan fingerprint density at radius 2 is 2.25 bits per heavy atom. The molecule has 0 aromatic rings. The normalized spacial score (nSPS) is 29.2. The summed E-state index contributed by atoms with van der Waals surface area (Å²) < 4.78 is 4.58. The van der Waals surface area contributed by atoms with E-state index >= 15 is 0 Å². The number of methoxy groups -OCH3 is 1. The van der Waals surface area contributed by atoms with Crippen molar-refractivity contribution in [2.75, 3.05) is 20.7 Å². The van der Waals surface area contributed by atoms with Crippen LogP contribution in [0.1, 0.15) is 6.92 Å². The molecule has 1 aliphatic heterocycles. The van der Waals surface area contributed by atoms with Crippen LogP contribution in [-0.2, 0) is 14.3 Å². The Morgan fingerprint density at radius 1 is 1.67 bits per heavy atom. The summed E-state index contributed by atoms with van der Waals surface area (Å²) in [6, 6.07) is 0. The van der Waals surface area contributed by atoms with Crippen molar-refractivity contribution in [3.05, 3.63) is 0 Å². The number of nitrogens with zero attached hydrogens (tertiary/aromatic N) is 1. The van der Waals surface area contributed by atoms with E-state index in [1.165, 1.54) is 7.11 Å². The minimum absolute atomic E-state index is 0.0189. The molecule has 0 spiro atoms. The third-order valence-electron chi connectivity index (χ3n) is 2.34. The van der Waals surface area contributed by atoms with Crippen molar-refractivity contribution in [2.24, 2.45) is 11.8 Å². The van der Waals surface area contributed by atoms with Gasteiger partial charge in [-0.05, 0) is 0 Å². The van der Waals surface area contributed by atoms with Crippen LogP contribution in [0.2, 0.25) is 0 Å². The van der Waals surface area contributed by atoms with E-state index < -0.39 is 0 Å². The molecule has 2 unspecified atom stereocenters. The van der Waals surface area contributed by atoms with Crippen LogP contribution in [-0.4, -0.2) is 37.5 Å². The van der Waals surface area contributed by atoms with E-state index in [1.807, 2.05) is 0 Å². The fraction of sp³-hybridized carbons (Fsp3) is 0.750. The van der Waals surface area contributed by atoms with Gasteiger partial charge in [-0.3, -0.25) is 9.59 Å². The number of carbonyl (C=O) groups excluding carboxylic acids is 2. The van der Waals surface area contributed by atoms with Crippen molar-refractivity contribution in [3.8, 4) is 0 Å². The number of rotatable bonds is 1. The second kappa shape index (κ2) is 3.13. The van der Waals surface area contributed by atoms with Gasteiger partial charge in [0.15, 0.2) is 0 Å². The Balaban J connectivity index is 2.71. The lowest BCUT2D eigenvalue weighted by atomic mass is 9.98. The zero-order chi connectivity index (χ0) is 9.30. The molecular weight excluding hydrogens is 158 g/mol. The highest BCUT2D eigenvalue weighted by Crippen LogP contribution is 2.23. The highest BCUT2D eigenvalue weighted by Gasteiger charge is 2.40. The predicted molar refractivity (Wildman–Crippen MR) is 42.3 cm³/mol. The number of amides is 1. The van der Waals surface area contributed by atoms with Crippen LogP contribution in [0.3, 0.4) is 0 Å². The molecule has 1 rings (SSSR count). The summed E-state index contributed by atoms with van der Waals surface area (Å²) in [6.07, 6.45) is 0. The van der Waals surface area contributed by atoms with Crippen molar-refractivity contribution in [1.82, 2.24) is 4.90 Å². The summed E-state index contributed by atoms with van der Waals surface area (Å²) in [5.41, 5.74) is 0. The summed E-state index contributed by atoms with van der Waals surface area (Å²) in [5, 5.41) is 0. The first kappa shape index (κ1) is 9.03. The molecule has 1 aliphatic rings. The fourth-order valence-electron chi connectivity index (χ4n) is 1.49. The van der Waals surface area contributed by atoms with Crippen molar-refractivity contribution < 1.29 is 14.3 Å². The molecule has 68 valence electrons. The van der Waals surface area contributed by atoms with E-state index in [0.29, 0.717) is 6.54 Å². The van der Waals surface area contributed by atoms with Crippen molar-refractivity contribution in [3.63, 3.8) is 0 Å². The SMILES string of the molecule is COC(=O)C1CN(C)C(=O)C1C. The lowest BCUT2D eigenvalue weighted by Crippen LogP contribution is -2.22. The minimum Gasteiger partial charge on any atom is -0.469 e. The van der Waals surface area contributed by atoms with Crippen LogP contribution in [0, 0.1) is 11.8 Å². The maximum atomic E-state index is 11.3. The molecule has 0 bridgehead atoms. The lowest BCUT2D eigenvalue weighted by molar-refractivity contribution is -0.147. The number of esters is 1. The molecule has 4 heteroatoms. The maximum absolute atomic E-state index is 11.3. The third kappa shape index (κ3) is 1.29. The van der Waals surface area contributed by atoms with Crippen LogP contribution < -0.4 is 0 Å². The van der Waals surface area contributed by atoms with Gasteiger partial charge in [0.2, 0.25) is 5.91 Å². The summed E-state index contributed by atoms with van der Waals surface area (Å²) in [6.45, 7) is 2.24. The van der Waals surface area contributed by atoms with Crippen LogP contribution in [0.4, 0.5) is 0 Å². The summed E-state index contributed by atoms with van der Waals surface area (Å²) in [5.74, 6) is -0.791. The molecular formula is C8H13NO3. The molecule has 0 aliphatic carbocycles. The standard InChI is InChI=1S/C8H13NO3/c1-5-6(8(11)12-3)4-9(2)7(5)10/h5-6H,4H2,1-3H3. The molecule has 1 amide bonds. The fourth-order valence-corrected chi connectivity index (χ4v) is 1.49. The summed E-state index contributed by atoms with van der Waals surface area (Å²) in [4.78, 5) is 23.9. The zero-order valence-corrected chi connectivity index (χ0v) is 7.53. The van der Waals surface area contributed by atoms with Gasteiger partial charge < -0.3 is 9.64 Å². The monoisotopic (exact) mass is 171 g/mol. The molecule has 1 fully saturated rings. The number of ether oxygens (including phenoxy) is 1. The molecule has 1 heterocycles. The summed E-state index contributed by atoms with van der Waals surface area (Å²) in [7, 11) is 3.04. The molecule has 4 nitrogen and oxygen atoms in total. The lowest BCUT2D eigenvalue weighted by Gasteiger charge is -2.08. The predicted octanol–water partition coefficient (Wildman–Crippen LogP) is -0.116. The van der Waals surface area contributed by atoms with Gasteiger partial charge in [-0.15, -0.1) is 0 Å². The van der Waals surface area contributed by atoms with Gasteiger partial charge in [0, 0.05) is 13.6 Å². The van der Waals surface area contributed by atoms with E-state index in [4.69, 9.17) is 0 Å². The Kier molecular flexibility index (Phi) is 2.35. The zero-order valence-electron chi connectivity index (χ0n) is 7.53. The highest BCUT2D eigenvalue weighted by atomic mass is 16.5. The minimum atomic E-state index is -0.291. The third-order valence-corrected chi connectivity index (χ3v) is 2.34. The number of likely N-dealkylation sites (tertiary alicyclic amines) is 1. The Hall–Kier alpha value is -1.06. The first-order valence-corrected chi connectivity index (χ1v) is 3.90. The van der Waals surface area contributed by atoms with Gasteiger partial charge in [-0.2, -0.15) is 0 Å². The van der Waals surface area contributed by atoms with Gasteiger partial charge in [0.25, 0.3) is 0 Å². The molecule has 12 heavy (non-hydrogen) atoms. The number of hydrogen-bond donors (Lipinski definition) is 0. The average molecular weight is 171 g/mol. The Labute approximate surface area is 71.5 Å². The highest BCUT2D eigenvalue weighted by molar-refractivity contribution is 5.88. The first-order chi connectivity index (χ1) is 5.57. The van der Waals surface area contributed by atoms with E-state index in [0.717, 1.165) is 0 Å². The van der Waals surface area contributed by atoms with Gasteiger partial charge in [0.1, 0.15) is 0 Å². The topological polar surface area (TPSA) is 46.6 Å². The molecule has 2 atom stereocenters. The maximum Gasteiger partial charge on any atom is 0.311 e. The smallest absolute Gasteiger partial charge is 0.311 e. The van der Waals surface area contributed by atoms with E-state index in [1.54, 1.807) is 18.9 Å². The number of carbonyl (C=O) groups is 2.